The fraction of sp³-hybridized carbons (Fsp3) is 0.857. The number of rotatable bonds is 4. The molecule has 0 aliphatic heterocycles. The summed E-state index contributed by atoms with van der Waals surface area (Å²) in [7, 11) is 0. The van der Waals surface area contributed by atoms with Crippen molar-refractivity contribution in [2.75, 3.05) is 6.54 Å². The minimum absolute atomic E-state index is 0.0135. The number of carbonyl (C=O) groups excluding carboxylic acids is 1. The lowest BCUT2D eigenvalue weighted by Crippen LogP contribution is -2.43. The van der Waals surface area contributed by atoms with Crippen LogP contribution < -0.4 is 11.1 Å². The molecule has 0 aromatic heterocycles. The van der Waals surface area contributed by atoms with Gasteiger partial charge in [0.25, 0.3) is 0 Å². The van der Waals surface area contributed by atoms with Crippen molar-refractivity contribution in [3.05, 3.63) is 0 Å². The zero-order chi connectivity index (χ0) is 13.8. The minimum Gasteiger partial charge on any atom is -0.352 e. The number of hydrogen-bond donors (Lipinski definition) is 2. The van der Waals surface area contributed by atoms with Crippen LogP contribution in [0.1, 0.15) is 46.5 Å². The van der Waals surface area contributed by atoms with E-state index in [2.05, 4.69) is 32.2 Å². The molecule has 3 unspecified atom stereocenters. The Balaban J connectivity index is 2.55. The maximum Gasteiger partial charge on any atom is 0.224 e. The van der Waals surface area contributed by atoms with Crippen LogP contribution in [0.2, 0.25) is 0 Å². The first-order valence-corrected chi connectivity index (χ1v) is 6.77. The van der Waals surface area contributed by atoms with Crippen molar-refractivity contribution in [2.24, 2.45) is 23.0 Å². The Hall–Kier alpha value is -1.08. The van der Waals surface area contributed by atoms with Crippen LogP contribution in [0.15, 0.2) is 0 Å². The second-order valence-electron chi connectivity index (χ2n) is 6.48. The van der Waals surface area contributed by atoms with Crippen molar-refractivity contribution in [1.29, 1.82) is 5.26 Å². The number of nitrogens with zero attached hydrogens (tertiary/aromatic N) is 1. The van der Waals surface area contributed by atoms with Crippen molar-refractivity contribution < 1.29 is 4.79 Å². The second-order valence-corrected chi connectivity index (χ2v) is 6.48. The number of nitriles is 1. The van der Waals surface area contributed by atoms with E-state index in [1.165, 1.54) is 0 Å². The summed E-state index contributed by atoms with van der Waals surface area (Å²) in [5, 5.41) is 12.0. The van der Waals surface area contributed by atoms with Crippen LogP contribution in [0.25, 0.3) is 0 Å². The third-order valence-corrected chi connectivity index (χ3v) is 3.52. The maximum absolute atomic E-state index is 12.2. The van der Waals surface area contributed by atoms with Crippen LogP contribution in [0.5, 0.6) is 0 Å². The molecule has 1 saturated carbocycles. The average Bonchev–Trinajstić information content (AvgIpc) is 2.71. The number of nitrogens with two attached hydrogens (primary N) is 1. The number of hydrogen-bond acceptors (Lipinski definition) is 3. The summed E-state index contributed by atoms with van der Waals surface area (Å²) in [6.07, 6.45) is 3.61. The van der Waals surface area contributed by atoms with E-state index in [1.54, 1.807) is 0 Å². The van der Waals surface area contributed by atoms with E-state index in [4.69, 9.17) is 11.0 Å². The second kappa shape index (κ2) is 6.19. The first-order chi connectivity index (χ1) is 8.37. The molecule has 1 amide bonds. The van der Waals surface area contributed by atoms with Crippen LogP contribution in [0.4, 0.5) is 0 Å². The molecular formula is C14H25N3O. The molecule has 3 N–H and O–H groups in total. The van der Waals surface area contributed by atoms with E-state index >= 15 is 0 Å². The lowest BCUT2D eigenvalue weighted by molar-refractivity contribution is -0.126. The predicted octanol–water partition coefficient (Wildman–Crippen LogP) is 1.81. The minimum atomic E-state index is -0.148. The van der Waals surface area contributed by atoms with E-state index in [0.717, 1.165) is 25.7 Å². The summed E-state index contributed by atoms with van der Waals surface area (Å²) in [5.74, 6) is -0.161. The van der Waals surface area contributed by atoms with Crippen LogP contribution in [-0.2, 0) is 4.79 Å². The first-order valence-electron chi connectivity index (χ1n) is 6.77. The molecule has 0 aromatic rings. The number of amides is 1. The SMILES string of the molecule is CC(C)(C)CC(CN)C(=O)NC1CCCC1C#N. The molecule has 0 saturated heterocycles. The van der Waals surface area contributed by atoms with Gasteiger partial charge >= 0.3 is 0 Å². The molecule has 0 bridgehead atoms. The van der Waals surface area contributed by atoms with Gasteiger partial charge in [0, 0.05) is 12.6 Å². The molecular weight excluding hydrogens is 226 g/mol. The topological polar surface area (TPSA) is 78.9 Å². The van der Waals surface area contributed by atoms with Gasteiger partial charge in [-0.3, -0.25) is 4.79 Å². The fourth-order valence-electron chi connectivity index (χ4n) is 2.61. The van der Waals surface area contributed by atoms with Crippen LogP contribution in [-0.4, -0.2) is 18.5 Å². The van der Waals surface area contributed by atoms with Gasteiger partial charge in [0.2, 0.25) is 5.91 Å². The molecule has 18 heavy (non-hydrogen) atoms. The Labute approximate surface area is 110 Å². The highest BCUT2D eigenvalue weighted by atomic mass is 16.2. The van der Waals surface area contributed by atoms with Gasteiger partial charge < -0.3 is 11.1 Å². The van der Waals surface area contributed by atoms with Gasteiger partial charge in [0.1, 0.15) is 0 Å². The summed E-state index contributed by atoms with van der Waals surface area (Å²) in [5.41, 5.74) is 5.79. The number of carbonyl (C=O) groups is 1. The van der Waals surface area contributed by atoms with Gasteiger partial charge in [-0.2, -0.15) is 5.26 Å². The number of nitrogens with one attached hydrogen (secondary N) is 1. The van der Waals surface area contributed by atoms with Gasteiger partial charge in [-0.15, -0.1) is 0 Å². The van der Waals surface area contributed by atoms with Crippen molar-refractivity contribution in [3.63, 3.8) is 0 Å². The lowest BCUT2D eigenvalue weighted by Gasteiger charge is -2.26. The highest BCUT2D eigenvalue weighted by molar-refractivity contribution is 5.79. The smallest absolute Gasteiger partial charge is 0.224 e. The Morgan fingerprint density at radius 3 is 2.67 bits per heavy atom. The van der Waals surface area contributed by atoms with Gasteiger partial charge in [-0.25, -0.2) is 0 Å². The largest absolute Gasteiger partial charge is 0.352 e. The molecule has 102 valence electrons. The van der Waals surface area contributed by atoms with E-state index < -0.39 is 0 Å². The Morgan fingerprint density at radius 2 is 2.17 bits per heavy atom. The molecule has 0 radical (unpaired) electrons. The lowest BCUT2D eigenvalue weighted by atomic mass is 9.84. The van der Waals surface area contributed by atoms with E-state index in [-0.39, 0.29) is 29.2 Å². The standard InChI is InChI=1S/C14H25N3O/c1-14(2,3)7-11(9-16)13(18)17-12-6-4-5-10(12)8-15/h10-12H,4-7,9,16H2,1-3H3,(H,17,18). The normalized spacial score (nSPS) is 25.5. The quantitative estimate of drug-likeness (QED) is 0.799. The van der Waals surface area contributed by atoms with Gasteiger partial charge in [0.05, 0.1) is 17.9 Å². The van der Waals surface area contributed by atoms with Crippen molar-refractivity contribution in [3.8, 4) is 6.07 Å². The van der Waals surface area contributed by atoms with Gasteiger partial charge in [-0.05, 0) is 31.1 Å². The van der Waals surface area contributed by atoms with Crippen molar-refractivity contribution in [2.45, 2.75) is 52.5 Å². The predicted molar refractivity (Wildman–Crippen MR) is 71.5 cm³/mol. The van der Waals surface area contributed by atoms with Crippen LogP contribution in [0, 0.1) is 28.6 Å². The zero-order valence-corrected chi connectivity index (χ0v) is 11.7. The molecule has 4 nitrogen and oxygen atoms in total. The molecule has 1 fully saturated rings. The van der Waals surface area contributed by atoms with Gasteiger partial charge in [0.15, 0.2) is 0 Å². The third-order valence-electron chi connectivity index (χ3n) is 3.52. The summed E-state index contributed by atoms with van der Waals surface area (Å²) < 4.78 is 0. The highest BCUT2D eigenvalue weighted by Crippen LogP contribution is 2.27. The Bertz CT molecular complexity index is 327. The molecule has 3 atom stereocenters. The van der Waals surface area contributed by atoms with Gasteiger partial charge in [-0.1, -0.05) is 20.8 Å². The Morgan fingerprint density at radius 1 is 1.50 bits per heavy atom. The molecule has 1 aliphatic carbocycles. The summed E-state index contributed by atoms with van der Waals surface area (Å²) in [6.45, 7) is 6.69. The summed E-state index contributed by atoms with van der Waals surface area (Å²) in [4.78, 5) is 12.2. The molecule has 1 aliphatic rings. The summed E-state index contributed by atoms with van der Waals surface area (Å²) >= 11 is 0. The average molecular weight is 251 g/mol. The molecule has 4 heteroatoms. The van der Waals surface area contributed by atoms with Crippen LogP contribution >= 0.6 is 0 Å². The molecule has 0 spiro atoms. The first kappa shape index (κ1) is 15.0. The maximum atomic E-state index is 12.2. The fourth-order valence-corrected chi connectivity index (χ4v) is 2.61. The summed E-state index contributed by atoms with van der Waals surface area (Å²) in [6, 6.07) is 2.30. The van der Waals surface area contributed by atoms with E-state index in [9.17, 15) is 4.79 Å². The molecule has 1 rings (SSSR count). The van der Waals surface area contributed by atoms with Crippen LogP contribution in [0.3, 0.4) is 0 Å². The highest BCUT2D eigenvalue weighted by Gasteiger charge is 2.31. The monoisotopic (exact) mass is 251 g/mol. The van der Waals surface area contributed by atoms with E-state index in [0.29, 0.717) is 6.54 Å². The molecule has 0 aromatic carbocycles. The van der Waals surface area contributed by atoms with E-state index in [1.807, 2.05) is 0 Å². The third kappa shape index (κ3) is 4.30. The van der Waals surface area contributed by atoms with Crippen molar-refractivity contribution >= 4 is 5.91 Å². The van der Waals surface area contributed by atoms with Crippen molar-refractivity contribution in [1.82, 2.24) is 5.32 Å². The zero-order valence-electron chi connectivity index (χ0n) is 11.7. The Kier molecular flexibility index (Phi) is 5.15. The molecule has 0 heterocycles.